The molecule has 0 aromatic heterocycles. The van der Waals surface area contributed by atoms with Gasteiger partial charge in [-0.3, -0.25) is 14.4 Å². The van der Waals surface area contributed by atoms with E-state index in [0.717, 1.165) is 6.32 Å². The minimum Gasteiger partial charge on any atom is -0.345 e. The summed E-state index contributed by atoms with van der Waals surface area (Å²) < 4.78 is 0. The standard InChI is InChI=1S/C17H27B2N3O3/c1-10(2)15(22-14(23)9-19)17(25)20-11(3)16(24)21-13-6-4-12(8-18)5-7-13/h4-7,10-11,15H,8-9,18-19H2,1-3H3,(H,20,25)(H,21,24)(H,22,23)/t11-,15?/m0/s1. The Balaban J connectivity index is 2.64. The van der Waals surface area contributed by atoms with Crippen molar-refractivity contribution in [2.24, 2.45) is 5.92 Å². The van der Waals surface area contributed by atoms with Crippen LogP contribution >= 0.6 is 0 Å². The molecular weight excluding hydrogens is 316 g/mol. The molecule has 0 bridgehead atoms. The maximum atomic E-state index is 12.4. The summed E-state index contributed by atoms with van der Waals surface area (Å²) >= 11 is 0. The van der Waals surface area contributed by atoms with Gasteiger partial charge in [-0.15, -0.1) is 0 Å². The molecule has 2 atom stereocenters. The molecule has 25 heavy (non-hydrogen) atoms. The molecule has 0 saturated carbocycles. The minimum atomic E-state index is -0.710. The highest BCUT2D eigenvalue weighted by atomic mass is 16.2. The number of carbonyl (C=O) groups excluding carboxylic acids is 3. The zero-order valence-electron chi connectivity index (χ0n) is 15.7. The molecule has 1 rings (SSSR count). The van der Waals surface area contributed by atoms with Gasteiger partial charge >= 0.3 is 0 Å². The Kier molecular flexibility index (Phi) is 8.25. The number of anilines is 1. The number of hydrogen-bond donors (Lipinski definition) is 3. The van der Waals surface area contributed by atoms with Crippen molar-refractivity contribution in [1.29, 1.82) is 0 Å². The molecule has 0 aliphatic carbocycles. The summed E-state index contributed by atoms with van der Waals surface area (Å²) in [5.41, 5.74) is 1.87. The Bertz CT molecular complexity index is 606. The van der Waals surface area contributed by atoms with Gasteiger partial charge in [0.05, 0.1) is 0 Å². The number of benzene rings is 1. The predicted octanol–water partition coefficient (Wildman–Crippen LogP) is -0.545. The maximum Gasteiger partial charge on any atom is 0.246 e. The Morgan fingerprint density at radius 1 is 0.960 bits per heavy atom. The molecule has 0 heterocycles. The lowest BCUT2D eigenvalue weighted by atomic mass is 9.97. The van der Waals surface area contributed by atoms with Crippen molar-refractivity contribution in [3.05, 3.63) is 29.8 Å². The Labute approximate surface area is 151 Å². The van der Waals surface area contributed by atoms with E-state index in [0.29, 0.717) is 12.0 Å². The molecule has 3 amide bonds. The molecule has 0 fully saturated rings. The van der Waals surface area contributed by atoms with Crippen molar-refractivity contribution in [1.82, 2.24) is 10.6 Å². The van der Waals surface area contributed by atoms with Crippen LogP contribution in [0.3, 0.4) is 0 Å². The van der Waals surface area contributed by atoms with Gasteiger partial charge in [-0.1, -0.05) is 37.9 Å². The number of nitrogens with one attached hydrogen (secondary N) is 3. The highest BCUT2D eigenvalue weighted by Crippen LogP contribution is 2.10. The summed E-state index contributed by atoms with van der Waals surface area (Å²) in [6, 6.07) is 6.21. The Morgan fingerprint density at radius 2 is 1.56 bits per heavy atom. The Morgan fingerprint density at radius 3 is 2.04 bits per heavy atom. The van der Waals surface area contributed by atoms with Crippen LogP contribution in [0.5, 0.6) is 0 Å². The third kappa shape index (κ3) is 6.64. The van der Waals surface area contributed by atoms with Gasteiger partial charge in [0.2, 0.25) is 17.7 Å². The van der Waals surface area contributed by atoms with Gasteiger partial charge in [0, 0.05) is 5.69 Å². The van der Waals surface area contributed by atoms with Gasteiger partial charge in [0.1, 0.15) is 27.8 Å². The molecule has 1 unspecified atom stereocenters. The molecular formula is C17H27B2N3O3. The normalized spacial score (nSPS) is 13.0. The lowest BCUT2D eigenvalue weighted by Crippen LogP contribution is -2.53. The van der Waals surface area contributed by atoms with E-state index in [1.54, 1.807) is 14.8 Å². The first-order chi connectivity index (χ1) is 11.8. The zero-order valence-corrected chi connectivity index (χ0v) is 15.7. The average Bonchev–Trinajstić information content (AvgIpc) is 2.59. The van der Waals surface area contributed by atoms with Crippen molar-refractivity contribution in [3.63, 3.8) is 0 Å². The molecule has 134 valence electrons. The van der Waals surface area contributed by atoms with Crippen LogP contribution < -0.4 is 16.0 Å². The number of amides is 3. The molecule has 0 aliphatic heterocycles. The van der Waals surface area contributed by atoms with E-state index in [1.807, 2.05) is 38.1 Å². The summed E-state index contributed by atoms with van der Waals surface area (Å²) in [6.07, 6.45) is 1.24. The van der Waals surface area contributed by atoms with Crippen LogP contribution in [0.1, 0.15) is 26.3 Å². The first kappa shape index (κ1) is 20.8. The summed E-state index contributed by atoms with van der Waals surface area (Å²) in [5.74, 6) is -0.933. The molecule has 6 nitrogen and oxygen atoms in total. The summed E-state index contributed by atoms with van der Waals surface area (Å²) in [5, 5.41) is 8.13. The highest BCUT2D eigenvalue weighted by Gasteiger charge is 2.26. The second kappa shape index (κ2) is 9.91. The number of rotatable bonds is 8. The van der Waals surface area contributed by atoms with Gasteiger partial charge in [-0.2, -0.15) is 0 Å². The third-order valence-electron chi connectivity index (χ3n) is 3.97. The quantitative estimate of drug-likeness (QED) is 0.554. The first-order valence-corrected chi connectivity index (χ1v) is 8.78. The van der Waals surface area contributed by atoms with Crippen molar-refractivity contribution < 1.29 is 14.4 Å². The van der Waals surface area contributed by atoms with E-state index >= 15 is 0 Å². The summed E-state index contributed by atoms with van der Waals surface area (Å²) in [4.78, 5) is 36.2. The fourth-order valence-electron chi connectivity index (χ4n) is 2.25. The molecule has 0 radical (unpaired) electrons. The topological polar surface area (TPSA) is 87.3 Å². The van der Waals surface area contributed by atoms with Crippen LogP contribution in [0.2, 0.25) is 6.32 Å². The molecule has 1 aromatic rings. The van der Waals surface area contributed by atoms with Crippen LogP contribution in [0.25, 0.3) is 0 Å². The van der Waals surface area contributed by atoms with Crippen molar-refractivity contribution in [2.45, 2.75) is 45.5 Å². The second-order valence-electron chi connectivity index (χ2n) is 6.41. The van der Waals surface area contributed by atoms with E-state index < -0.39 is 12.1 Å². The van der Waals surface area contributed by atoms with E-state index in [9.17, 15) is 14.4 Å². The van der Waals surface area contributed by atoms with E-state index in [2.05, 4.69) is 23.8 Å². The number of hydrogen-bond acceptors (Lipinski definition) is 3. The second-order valence-corrected chi connectivity index (χ2v) is 6.41. The molecule has 8 heteroatoms. The maximum absolute atomic E-state index is 12.4. The van der Waals surface area contributed by atoms with Crippen LogP contribution in [-0.2, 0) is 20.7 Å². The van der Waals surface area contributed by atoms with Gasteiger partial charge < -0.3 is 16.0 Å². The minimum absolute atomic E-state index is 0.0765. The fraction of sp³-hybridized carbons (Fsp3) is 0.471. The van der Waals surface area contributed by atoms with Gasteiger partial charge in [-0.05, 0) is 31.3 Å². The summed E-state index contributed by atoms with van der Waals surface area (Å²) in [6.45, 7) is 5.31. The smallest absolute Gasteiger partial charge is 0.246 e. The molecule has 3 N–H and O–H groups in total. The van der Waals surface area contributed by atoms with E-state index in [1.165, 1.54) is 5.56 Å². The fourth-order valence-corrected chi connectivity index (χ4v) is 2.25. The van der Waals surface area contributed by atoms with Crippen LogP contribution in [0.15, 0.2) is 24.3 Å². The lowest BCUT2D eigenvalue weighted by molar-refractivity contribution is -0.131. The molecule has 0 aliphatic rings. The van der Waals surface area contributed by atoms with Crippen molar-refractivity contribution >= 4 is 39.1 Å². The van der Waals surface area contributed by atoms with Crippen molar-refractivity contribution in [3.8, 4) is 0 Å². The van der Waals surface area contributed by atoms with E-state index in [-0.39, 0.29) is 23.6 Å². The van der Waals surface area contributed by atoms with Gasteiger partial charge in [-0.25, -0.2) is 0 Å². The largest absolute Gasteiger partial charge is 0.345 e. The van der Waals surface area contributed by atoms with E-state index in [4.69, 9.17) is 0 Å². The third-order valence-corrected chi connectivity index (χ3v) is 3.97. The van der Waals surface area contributed by atoms with Crippen LogP contribution in [0.4, 0.5) is 5.69 Å². The lowest BCUT2D eigenvalue weighted by Gasteiger charge is -2.23. The average molecular weight is 343 g/mol. The SMILES string of the molecule is BCC(=O)NC(C(=O)N[C@@H](C)C(=O)Nc1ccc(CB)cc1)C(C)C. The van der Waals surface area contributed by atoms with Gasteiger partial charge in [0.15, 0.2) is 0 Å². The molecule has 0 saturated heterocycles. The zero-order chi connectivity index (χ0) is 19.0. The van der Waals surface area contributed by atoms with Gasteiger partial charge in [0.25, 0.3) is 0 Å². The molecule has 0 spiro atoms. The molecule has 1 aromatic carbocycles. The predicted molar refractivity (Wildman–Crippen MR) is 105 cm³/mol. The van der Waals surface area contributed by atoms with Crippen molar-refractivity contribution in [2.75, 3.05) is 5.32 Å². The monoisotopic (exact) mass is 343 g/mol. The van der Waals surface area contributed by atoms with Crippen LogP contribution in [0, 0.1) is 5.92 Å². The number of carbonyl (C=O) groups is 3. The Hall–Kier alpha value is -2.24. The first-order valence-electron chi connectivity index (χ1n) is 8.78. The highest BCUT2D eigenvalue weighted by molar-refractivity contribution is 6.20. The summed E-state index contributed by atoms with van der Waals surface area (Å²) in [7, 11) is 3.79. The van der Waals surface area contributed by atoms with Crippen LogP contribution in [-0.4, -0.2) is 45.5 Å².